The zero-order valence-corrected chi connectivity index (χ0v) is 16.8. The fourth-order valence-corrected chi connectivity index (χ4v) is 4.84. The Kier molecular flexibility index (Phi) is 6.80. The summed E-state index contributed by atoms with van der Waals surface area (Å²) in [5.41, 5.74) is 0.393. The van der Waals surface area contributed by atoms with Crippen molar-refractivity contribution in [3.8, 4) is 10.6 Å². The minimum Gasteiger partial charge on any atom is -0.355 e. The maximum absolute atomic E-state index is 12.2. The van der Waals surface area contributed by atoms with Crippen LogP contribution in [0.5, 0.6) is 0 Å². The molecule has 0 amide bonds. The van der Waals surface area contributed by atoms with Crippen molar-refractivity contribution in [2.24, 2.45) is 5.14 Å². The van der Waals surface area contributed by atoms with Gasteiger partial charge in [-0.2, -0.15) is 0 Å². The molecule has 0 spiro atoms. The van der Waals surface area contributed by atoms with Gasteiger partial charge in [-0.15, -0.1) is 11.3 Å². The molecule has 1 atom stereocenters. The number of hydrogen-bond donors (Lipinski definition) is 1. The van der Waals surface area contributed by atoms with Gasteiger partial charge in [0, 0.05) is 19.0 Å². The summed E-state index contributed by atoms with van der Waals surface area (Å²) in [6.45, 7) is 2.21. The van der Waals surface area contributed by atoms with Gasteiger partial charge in [-0.3, -0.25) is 4.79 Å². The van der Waals surface area contributed by atoms with Crippen LogP contribution in [0, 0.1) is 0 Å². The van der Waals surface area contributed by atoms with Crippen molar-refractivity contribution in [3.63, 3.8) is 0 Å². The lowest BCUT2D eigenvalue weighted by atomic mass is 10.1. The van der Waals surface area contributed by atoms with Crippen molar-refractivity contribution >= 4 is 27.1 Å². The van der Waals surface area contributed by atoms with Gasteiger partial charge < -0.3 is 9.42 Å². The lowest BCUT2D eigenvalue weighted by Gasteiger charge is -2.15. The van der Waals surface area contributed by atoms with Crippen molar-refractivity contribution in [1.82, 2.24) is 10.1 Å². The summed E-state index contributed by atoms with van der Waals surface area (Å²) in [5.74, 6) is 0.647. The van der Waals surface area contributed by atoms with E-state index in [1.807, 2.05) is 17.5 Å². The number of carbonyl (C=O) groups excluding carboxylic acids is 1. The molecular weight excluding hydrogens is 386 g/mol. The molecule has 0 saturated carbocycles. The average Bonchev–Trinajstić information content (AvgIpc) is 3.38. The van der Waals surface area contributed by atoms with E-state index < -0.39 is 15.3 Å². The highest BCUT2D eigenvalue weighted by Gasteiger charge is 2.30. The molecular formula is C18H25N3O4S2. The number of aromatic nitrogens is 1. The molecule has 2 N–H and O–H groups in total. The van der Waals surface area contributed by atoms with Crippen LogP contribution in [0.2, 0.25) is 0 Å². The molecule has 0 aliphatic carbocycles. The molecule has 2 aromatic rings. The van der Waals surface area contributed by atoms with Gasteiger partial charge in [0.1, 0.15) is 5.69 Å². The van der Waals surface area contributed by atoms with Gasteiger partial charge in [0.2, 0.25) is 10.0 Å². The Bertz CT molecular complexity index is 846. The number of unbranched alkanes of at least 4 members (excludes halogenated alkanes) is 3. The summed E-state index contributed by atoms with van der Waals surface area (Å²) >= 11 is 1.55. The van der Waals surface area contributed by atoms with Crippen molar-refractivity contribution in [2.45, 2.75) is 43.8 Å². The van der Waals surface area contributed by atoms with Crippen LogP contribution >= 0.6 is 11.3 Å². The van der Waals surface area contributed by atoms with Gasteiger partial charge in [-0.1, -0.05) is 24.1 Å². The zero-order chi connectivity index (χ0) is 19.3. The van der Waals surface area contributed by atoms with Gasteiger partial charge in [0.15, 0.2) is 11.5 Å². The van der Waals surface area contributed by atoms with Crippen LogP contribution in [0.1, 0.15) is 49.0 Å². The van der Waals surface area contributed by atoms with E-state index in [1.54, 1.807) is 17.4 Å². The first-order valence-corrected chi connectivity index (χ1v) is 11.7. The molecule has 27 heavy (non-hydrogen) atoms. The predicted molar refractivity (Wildman–Crippen MR) is 105 cm³/mol. The number of likely N-dealkylation sites (tertiary alicyclic amines) is 1. The highest BCUT2D eigenvalue weighted by molar-refractivity contribution is 7.89. The molecule has 148 valence electrons. The van der Waals surface area contributed by atoms with E-state index in [2.05, 4.69) is 10.1 Å². The van der Waals surface area contributed by atoms with E-state index in [1.165, 1.54) is 0 Å². The van der Waals surface area contributed by atoms with Gasteiger partial charge in [0.05, 0.1) is 10.1 Å². The smallest absolute Gasteiger partial charge is 0.213 e. The molecule has 0 radical (unpaired) electrons. The van der Waals surface area contributed by atoms with E-state index in [-0.39, 0.29) is 5.78 Å². The van der Waals surface area contributed by atoms with Gasteiger partial charge in [-0.05, 0) is 43.8 Å². The molecule has 0 aromatic carbocycles. The molecule has 1 saturated heterocycles. The number of ketones is 1. The number of thiophene rings is 1. The fourth-order valence-electron chi connectivity index (χ4n) is 3.31. The third-order valence-corrected chi connectivity index (χ3v) is 7.08. The van der Waals surface area contributed by atoms with Crippen LogP contribution in [0.3, 0.4) is 0 Å². The van der Waals surface area contributed by atoms with Gasteiger partial charge in [-0.25, -0.2) is 13.6 Å². The number of rotatable bonds is 10. The Morgan fingerprint density at radius 3 is 2.85 bits per heavy atom. The number of nitrogens with zero attached hydrogens (tertiary/aromatic N) is 2. The summed E-state index contributed by atoms with van der Waals surface area (Å²) < 4.78 is 27.9. The average molecular weight is 412 g/mol. The van der Waals surface area contributed by atoms with Gasteiger partial charge in [0.25, 0.3) is 0 Å². The lowest BCUT2D eigenvalue weighted by molar-refractivity contribution is 0.0970. The summed E-state index contributed by atoms with van der Waals surface area (Å²) in [7, 11) is -3.42. The van der Waals surface area contributed by atoms with E-state index in [0.29, 0.717) is 30.8 Å². The normalized spacial score (nSPS) is 18.2. The molecule has 7 nitrogen and oxygen atoms in total. The topological polar surface area (TPSA) is 106 Å². The van der Waals surface area contributed by atoms with Crippen molar-refractivity contribution in [1.29, 1.82) is 0 Å². The third-order valence-electron chi connectivity index (χ3n) is 4.88. The van der Waals surface area contributed by atoms with E-state index in [9.17, 15) is 13.2 Å². The monoisotopic (exact) mass is 411 g/mol. The first-order chi connectivity index (χ1) is 12.9. The van der Waals surface area contributed by atoms with Crippen molar-refractivity contribution in [2.75, 3.05) is 19.6 Å². The Morgan fingerprint density at radius 1 is 1.33 bits per heavy atom. The molecule has 0 bridgehead atoms. The van der Waals surface area contributed by atoms with Gasteiger partial charge >= 0.3 is 0 Å². The number of nitrogens with two attached hydrogens (primary N) is 1. The molecule has 1 unspecified atom stereocenters. The maximum atomic E-state index is 12.2. The number of sulfonamides is 1. The first-order valence-electron chi connectivity index (χ1n) is 9.21. The van der Waals surface area contributed by atoms with Crippen LogP contribution in [-0.4, -0.2) is 49.1 Å². The van der Waals surface area contributed by atoms with E-state index in [4.69, 9.17) is 9.66 Å². The summed E-state index contributed by atoms with van der Waals surface area (Å²) in [6, 6.07) is 5.58. The zero-order valence-electron chi connectivity index (χ0n) is 15.2. The third kappa shape index (κ3) is 5.71. The summed E-state index contributed by atoms with van der Waals surface area (Å²) in [4.78, 5) is 15.3. The minimum absolute atomic E-state index is 0.0112. The molecule has 1 aliphatic rings. The molecule has 2 aromatic heterocycles. The van der Waals surface area contributed by atoms with Crippen LogP contribution in [0.25, 0.3) is 10.6 Å². The Balaban J connectivity index is 1.30. The number of primary sulfonamides is 1. The second kappa shape index (κ2) is 9.09. The first kappa shape index (κ1) is 20.2. The lowest BCUT2D eigenvalue weighted by Crippen LogP contribution is -2.32. The molecule has 3 rings (SSSR count). The largest absolute Gasteiger partial charge is 0.355 e. The quantitative estimate of drug-likeness (QED) is 0.476. The molecule has 3 heterocycles. The highest BCUT2D eigenvalue weighted by Crippen LogP contribution is 2.25. The predicted octanol–water partition coefficient (Wildman–Crippen LogP) is 2.90. The minimum atomic E-state index is -3.42. The second-order valence-corrected chi connectivity index (χ2v) is 9.73. The Morgan fingerprint density at radius 2 is 2.15 bits per heavy atom. The summed E-state index contributed by atoms with van der Waals surface area (Å²) in [6.07, 6.45) is 4.89. The van der Waals surface area contributed by atoms with Crippen LogP contribution in [0.15, 0.2) is 28.1 Å². The Hall–Kier alpha value is -1.55. The molecule has 9 heteroatoms. The maximum Gasteiger partial charge on any atom is 0.213 e. The number of Topliss-reactive ketones (excluding diaryl/α,β-unsaturated/α-hetero) is 1. The van der Waals surface area contributed by atoms with Crippen LogP contribution < -0.4 is 5.14 Å². The van der Waals surface area contributed by atoms with Crippen LogP contribution in [0.4, 0.5) is 0 Å². The molecule has 1 aliphatic heterocycles. The molecule has 1 fully saturated rings. The highest BCUT2D eigenvalue weighted by atomic mass is 32.2. The SMILES string of the molecule is NS(=O)(=O)C1CCN(CCCCCCC(=O)c2cc(-c3cccs3)on2)C1. The Labute approximate surface area is 163 Å². The number of carbonyl (C=O) groups is 1. The fraction of sp³-hybridized carbons (Fsp3) is 0.556. The second-order valence-electron chi connectivity index (χ2n) is 6.94. The standard InChI is InChI=1S/C18H25N3O4S2/c19-27(23,24)14-8-10-21(13-14)9-4-2-1-3-6-16(22)15-12-17(25-20-15)18-7-5-11-26-18/h5,7,11-12,14H,1-4,6,8-10,13H2,(H2,19,23,24). The number of hydrogen-bond acceptors (Lipinski definition) is 7. The summed E-state index contributed by atoms with van der Waals surface area (Å²) in [5, 5.41) is 10.6. The van der Waals surface area contributed by atoms with Crippen LogP contribution in [-0.2, 0) is 10.0 Å². The van der Waals surface area contributed by atoms with Crippen molar-refractivity contribution < 1.29 is 17.7 Å². The van der Waals surface area contributed by atoms with E-state index in [0.717, 1.165) is 43.6 Å². The van der Waals surface area contributed by atoms with Crippen molar-refractivity contribution in [3.05, 3.63) is 29.3 Å². The van der Waals surface area contributed by atoms with E-state index >= 15 is 0 Å².